The lowest BCUT2D eigenvalue weighted by molar-refractivity contribution is 0.390. The van der Waals surface area contributed by atoms with Crippen LogP contribution >= 0.6 is 0 Å². The van der Waals surface area contributed by atoms with Crippen LogP contribution in [0.25, 0.3) is 0 Å². The maximum atomic E-state index is 5.21. The minimum absolute atomic E-state index is 0.00696. The van der Waals surface area contributed by atoms with Gasteiger partial charge in [0.05, 0.1) is 20.8 Å². The number of benzene rings is 1. The molecule has 0 fully saturated rings. The highest BCUT2D eigenvalue weighted by Crippen LogP contribution is 2.24. The van der Waals surface area contributed by atoms with Crippen molar-refractivity contribution in [1.29, 1.82) is 0 Å². The zero-order valence-electron chi connectivity index (χ0n) is 9.36. The predicted octanol–water partition coefficient (Wildman–Crippen LogP) is -0.0182. The maximum absolute atomic E-state index is 5.21. The van der Waals surface area contributed by atoms with Crippen molar-refractivity contribution in [2.75, 3.05) is 14.2 Å². The van der Waals surface area contributed by atoms with Gasteiger partial charge in [-0.3, -0.25) is 0 Å². The number of ether oxygens (including phenoxy) is 2. The van der Waals surface area contributed by atoms with Gasteiger partial charge in [0, 0.05) is 11.6 Å². The molecule has 88 valence electrons. The fourth-order valence-corrected chi connectivity index (χ4v) is 1.21. The quantitative estimate of drug-likeness (QED) is 0.371. The number of methoxy groups -OCH3 is 2. The van der Waals surface area contributed by atoms with E-state index in [-0.39, 0.29) is 5.96 Å². The topological polar surface area (TPSA) is 94.9 Å². The molecule has 1 rings (SSSR count). The molecular formula is C10H16N4O2. The van der Waals surface area contributed by atoms with Gasteiger partial charge in [0.25, 0.3) is 0 Å². The van der Waals surface area contributed by atoms with E-state index >= 15 is 0 Å². The van der Waals surface area contributed by atoms with Gasteiger partial charge in [0.1, 0.15) is 11.5 Å². The van der Waals surface area contributed by atoms with Crippen molar-refractivity contribution in [3.63, 3.8) is 0 Å². The van der Waals surface area contributed by atoms with Crippen LogP contribution in [0.4, 0.5) is 0 Å². The zero-order chi connectivity index (χ0) is 12.0. The van der Waals surface area contributed by atoms with Crippen molar-refractivity contribution in [3.05, 3.63) is 23.8 Å². The number of hydrogen-bond acceptors (Lipinski definition) is 4. The Balaban J connectivity index is 2.75. The van der Waals surface area contributed by atoms with Crippen LogP contribution in [0.5, 0.6) is 11.5 Å². The number of nitrogens with two attached hydrogens (primary N) is 2. The third kappa shape index (κ3) is 3.23. The van der Waals surface area contributed by atoms with Crippen molar-refractivity contribution in [3.8, 4) is 11.5 Å². The van der Waals surface area contributed by atoms with Crippen LogP contribution in [0.2, 0.25) is 0 Å². The normalized spacial score (nSPS) is 9.38. The first-order valence-corrected chi connectivity index (χ1v) is 4.69. The molecule has 1 aromatic rings. The standard InChI is InChI=1S/C10H16N4O2/c1-15-8-4-3-7(9(5-8)16-2)6-13-14-10(11)12/h3-5,13H,6H2,1-2H3,(H4,11,12,14). The van der Waals surface area contributed by atoms with Crippen molar-refractivity contribution in [2.24, 2.45) is 16.6 Å². The number of hydrazone groups is 1. The molecule has 0 unspecified atom stereocenters. The molecule has 0 aliphatic heterocycles. The van der Waals surface area contributed by atoms with Crippen LogP contribution in [0.15, 0.2) is 23.3 Å². The average Bonchev–Trinajstić information content (AvgIpc) is 2.29. The Morgan fingerprint density at radius 3 is 2.62 bits per heavy atom. The van der Waals surface area contributed by atoms with Crippen LogP contribution in [-0.2, 0) is 6.54 Å². The lowest BCUT2D eigenvalue weighted by Gasteiger charge is -2.09. The summed E-state index contributed by atoms with van der Waals surface area (Å²) in [7, 11) is 3.20. The molecule has 1 aromatic carbocycles. The molecular weight excluding hydrogens is 208 g/mol. The SMILES string of the molecule is COc1ccc(CNN=C(N)N)c(OC)c1. The summed E-state index contributed by atoms with van der Waals surface area (Å²) < 4.78 is 10.3. The van der Waals surface area contributed by atoms with Crippen LogP contribution < -0.4 is 26.4 Å². The number of nitrogens with one attached hydrogen (secondary N) is 1. The Morgan fingerprint density at radius 2 is 2.06 bits per heavy atom. The molecule has 6 heteroatoms. The molecule has 6 nitrogen and oxygen atoms in total. The highest BCUT2D eigenvalue weighted by Gasteiger charge is 2.03. The number of hydrogen-bond donors (Lipinski definition) is 3. The van der Waals surface area contributed by atoms with E-state index < -0.39 is 0 Å². The van der Waals surface area contributed by atoms with Crippen molar-refractivity contribution >= 4 is 5.96 Å². The molecule has 0 aliphatic rings. The minimum atomic E-state index is -0.00696. The van der Waals surface area contributed by atoms with E-state index in [1.165, 1.54) is 0 Å². The van der Waals surface area contributed by atoms with E-state index in [2.05, 4.69) is 10.5 Å². The van der Waals surface area contributed by atoms with Gasteiger partial charge in [-0.05, 0) is 12.1 Å². The molecule has 5 N–H and O–H groups in total. The first kappa shape index (κ1) is 12.0. The van der Waals surface area contributed by atoms with E-state index in [9.17, 15) is 0 Å². The minimum Gasteiger partial charge on any atom is -0.497 e. The van der Waals surface area contributed by atoms with Gasteiger partial charge in [-0.25, -0.2) is 0 Å². The van der Waals surface area contributed by atoms with Gasteiger partial charge in [0.2, 0.25) is 5.96 Å². The molecule has 16 heavy (non-hydrogen) atoms. The highest BCUT2D eigenvalue weighted by molar-refractivity contribution is 5.75. The van der Waals surface area contributed by atoms with Crippen LogP contribution in [0.1, 0.15) is 5.56 Å². The van der Waals surface area contributed by atoms with Crippen LogP contribution in [0.3, 0.4) is 0 Å². The van der Waals surface area contributed by atoms with E-state index in [4.69, 9.17) is 20.9 Å². The molecule has 0 heterocycles. The van der Waals surface area contributed by atoms with Gasteiger partial charge >= 0.3 is 0 Å². The molecule has 0 aromatic heterocycles. The number of guanidine groups is 1. The second-order valence-electron chi connectivity index (χ2n) is 3.05. The second-order valence-corrected chi connectivity index (χ2v) is 3.05. The Labute approximate surface area is 94.2 Å². The Morgan fingerprint density at radius 1 is 1.31 bits per heavy atom. The molecule has 0 atom stereocenters. The van der Waals surface area contributed by atoms with E-state index in [0.29, 0.717) is 6.54 Å². The fourth-order valence-electron chi connectivity index (χ4n) is 1.21. The Bertz CT molecular complexity index is 375. The Hall–Kier alpha value is -2.11. The van der Waals surface area contributed by atoms with Gasteiger partial charge in [-0.15, -0.1) is 5.10 Å². The summed E-state index contributed by atoms with van der Waals surface area (Å²) in [6, 6.07) is 5.52. The molecule has 0 saturated heterocycles. The van der Waals surface area contributed by atoms with Crippen molar-refractivity contribution in [2.45, 2.75) is 6.54 Å². The molecule has 0 amide bonds. The van der Waals surface area contributed by atoms with Crippen molar-refractivity contribution in [1.82, 2.24) is 5.43 Å². The Kier molecular flexibility index (Phi) is 4.26. The number of nitrogens with zero attached hydrogens (tertiary/aromatic N) is 1. The molecule has 0 bridgehead atoms. The van der Waals surface area contributed by atoms with E-state index in [1.54, 1.807) is 20.3 Å². The summed E-state index contributed by atoms with van der Waals surface area (Å²) in [5.74, 6) is 1.45. The number of rotatable bonds is 5. The lowest BCUT2D eigenvalue weighted by Crippen LogP contribution is -2.26. The summed E-state index contributed by atoms with van der Waals surface area (Å²) in [5.41, 5.74) is 14.0. The van der Waals surface area contributed by atoms with Gasteiger partial charge in [-0.2, -0.15) is 0 Å². The lowest BCUT2D eigenvalue weighted by atomic mass is 10.2. The monoisotopic (exact) mass is 224 g/mol. The molecule has 0 radical (unpaired) electrons. The summed E-state index contributed by atoms with van der Waals surface area (Å²) in [4.78, 5) is 0. The summed E-state index contributed by atoms with van der Waals surface area (Å²) >= 11 is 0. The first-order chi connectivity index (χ1) is 7.67. The maximum Gasteiger partial charge on any atom is 0.208 e. The largest absolute Gasteiger partial charge is 0.497 e. The third-order valence-corrected chi connectivity index (χ3v) is 1.97. The second kappa shape index (κ2) is 5.69. The van der Waals surface area contributed by atoms with Crippen molar-refractivity contribution < 1.29 is 9.47 Å². The third-order valence-electron chi connectivity index (χ3n) is 1.97. The van der Waals surface area contributed by atoms with E-state index in [0.717, 1.165) is 17.1 Å². The average molecular weight is 224 g/mol. The van der Waals surface area contributed by atoms with Crippen LogP contribution in [-0.4, -0.2) is 20.2 Å². The predicted molar refractivity (Wildman–Crippen MR) is 62.2 cm³/mol. The van der Waals surface area contributed by atoms with Gasteiger partial charge in [-0.1, -0.05) is 0 Å². The molecule has 0 saturated carbocycles. The first-order valence-electron chi connectivity index (χ1n) is 4.69. The summed E-state index contributed by atoms with van der Waals surface area (Å²) in [6.45, 7) is 0.477. The highest BCUT2D eigenvalue weighted by atomic mass is 16.5. The fraction of sp³-hybridized carbons (Fsp3) is 0.300. The summed E-state index contributed by atoms with van der Waals surface area (Å²) in [5, 5.41) is 3.67. The van der Waals surface area contributed by atoms with Gasteiger partial charge in [0.15, 0.2) is 0 Å². The van der Waals surface area contributed by atoms with E-state index in [1.807, 2.05) is 12.1 Å². The molecule has 0 spiro atoms. The smallest absolute Gasteiger partial charge is 0.208 e. The van der Waals surface area contributed by atoms with Gasteiger partial charge < -0.3 is 26.4 Å². The summed E-state index contributed by atoms with van der Waals surface area (Å²) in [6.07, 6.45) is 0. The molecule has 0 aliphatic carbocycles. The van der Waals surface area contributed by atoms with Crippen LogP contribution in [0, 0.1) is 0 Å². The zero-order valence-corrected chi connectivity index (χ0v) is 9.36.